The lowest BCUT2D eigenvalue weighted by Gasteiger charge is -2.61. The Morgan fingerprint density at radius 2 is 1.67 bits per heavy atom. The topological polar surface area (TPSA) is 38.0 Å². The first-order valence-electron chi connectivity index (χ1n) is 15.7. The highest BCUT2D eigenvalue weighted by Crippen LogP contribution is 2.68. The Kier molecular flexibility index (Phi) is 7.47. The number of rotatable bonds is 7. The van der Waals surface area contributed by atoms with E-state index in [1.807, 2.05) is 6.07 Å². The van der Waals surface area contributed by atoms with Gasteiger partial charge >= 0.3 is 0 Å². The van der Waals surface area contributed by atoms with Crippen molar-refractivity contribution in [3.63, 3.8) is 0 Å². The molecule has 202 valence electrons. The van der Waals surface area contributed by atoms with E-state index < -0.39 is 0 Å². The highest BCUT2D eigenvalue weighted by atomic mass is 14.9. The molecule has 0 aromatic heterocycles. The molecule has 1 aromatic rings. The van der Waals surface area contributed by atoms with Crippen molar-refractivity contribution < 1.29 is 0 Å². The summed E-state index contributed by atoms with van der Waals surface area (Å²) in [5.74, 6) is 6.61. The van der Waals surface area contributed by atoms with Gasteiger partial charge < -0.3 is 11.1 Å². The van der Waals surface area contributed by atoms with Crippen molar-refractivity contribution >= 4 is 11.4 Å². The highest BCUT2D eigenvalue weighted by Gasteiger charge is 2.60. The third-order valence-corrected chi connectivity index (χ3v) is 12.5. The maximum atomic E-state index is 6.11. The molecule has 0 saturated heterocycles. The Morgan fingerprint density at radius 1 is 0.917 bits per heavy atom. The molecule has 36 heavy (non-hydrogen) atoms. The minimum atomic E-state index is 0.564. The summed E-state index contributed by atoms with van der Waals surface area (Å²) < 4.78 is 0. The molecule has 4 saturated carbocycles. The van der Waals surface area contributed by atoms with E-state index in [4.69, 9.17) is 5.73 Å². The number of anilines is 2. The van der Waals surface area contributed by atoms with Crippen LogP contribution in [-0.2, 0) is 0 Å². The van der Waals surface area contributed by atoms with Gasteiger partial charge in [0.1, 0.15) is 0 Å². The molecule has 0 amide bonds. The number of nitrogens with two attached hydrogens (primary N) is 1. The molecule has 4 aliphatic rings. The van der Waals surface area contributed by atoms with Crippen LogP contribution in [0.25, 0.3) is 0 Å². The van der Waals surface area contributed by atoms with E-state index >= 15 is 0 Å². The standard InChI is InChI=1S/C34H56N2/c1-22(2)8-7-9-23(3)29-14-15-30-28-13-11-25-20-27(36-32-21-26(35)12-10-24(32)4)16-18-33(25,5)31(28)17-19-34(29,30)6/h10,12,21-23,25,27-31,36H,7-9,11,13-20,35H2,1-6H3. The van der Waals surface area contributed by atoms with Gasteiger partial charge in [0.25, 0.3) is 0 Å². The van der Waals surface area contributed by atoms with Gasteiger partial charge in [0.05, 0.1) is 0 Å². The number of hydrogen-bond acceptors (Lipinski definition) is 2. The lowest BCUT2D eigenvalue weighted by molar-refractivity contribution is -0.115. The fourth-order valence-corrected chi connectivity index (χ4v) is 10.4. The zero-order valence-electron chi connectivity index (χ0n) is 24.4. The lowest BCUT2D eigenvalue weighted by atomic mass is 9.44. The average Bonchev–Trinajstić information content (AvgIpc) is 3.18. The van der Waals surface area contributed by atoms with Crippen molar-refractivity contribution in [1.29, 1.82) is 0 Å². The molecule has 9 atom stereocenters. The molecule has 0 radical (unpaired) electrons. The summed E-state index contributed by atoms with van der Waals surface area (Å²) >= 11 is 0. The number of aryl methyl sites for hydroxylation is 1. The van der Waals surface area contributed by atoms with Crippen LogP contribution in [0.1, 0.15) is 117 Å². The summed E-state index contributed by atoms with van der Waals surface area (Å²) in [7, 11) is 0. The van der Waals surface area contributed by atoms with Crippen LogP contribution in [0.4, 0.5) is 11.4 Å². The Morgan fingerprint density at radius 3 is 2.44 bits per heavy atom. The van der Waals surface area contributed by atoms with Crippen LogP contribution < -0.4 is 11.1 Å². The fourth-order valence-electron chi connectivity index (χ4n) is 10.4. The van der Waals surface area contributed by atoms with E-state index in [0.717, 1.165) is 47.1 Å². The molecule has 2 heteroatoms. The van der Waals surface area contributed by atoms with Crippen LogP contribution in [0.2, 0.25) is 0 Å². The van der Waals surface area contributed by atoms with Crippen LogP contribution in [0.3, 0.4) is 0 Å². The maximum absolute atomic E-state index is 6.11. The van der Waals surface area contributed by atoms with Gasteiger partial charge in [-0.25, -0.2) is 0 Å². The van der Waals surface area contributed by atoms with Crippen molar-refractivity contribution in [2.75, 3.05) is 11.1 Å². The third-order valence-electron chi connectivity index (χ3n) is 12.5. The van der Waals surface area contributed by atoms with Gasteiger partial charge in [-0.1, -0.05) is 59.9 Å². The van der Waals surface area contributed by atoms with Gasteiger partial charge in [0.15, 0.2) is 0 Å². The first kappa shape index (κ1) is 26.4. The Labute approximate surface area is 223 Å². The predicted molar refractivity (Wildman–Crippen MR) is 156 cm³/mol. The number of benzene rings is 1. The second kappa shape index (κ2) is 10.2. The maximum Gasteiger partial charge on any atom is 0.0392 e. The second-order valence-electron chi connectivity index (χ2n) is 14.9. The first-order valence-corrected chi connectivity index (χ1v) is 15.7. The monoisotopic (exact) mass is 492 g/mol. The molecule has 9 unspecified atom stereocenters. The molecule has 2 nitrogen and oxygen atoms in total. The van der Waals surface area contributed by atoms with Crippen LogP contribution in [0.15, 0.2) is 18.2 Å². The van der Waals surface area contributed by atoms with Crippen molar-refractivity contribution in [2.45, 2.75) is 125 Å². The number of nitrogen functional groups attached to an aromatic ring is 1. The summed E-state index contributed by atoms with van der Waals surface area (Å²) in [6.45, 7) is 15.1. The smallest absolute Gasteiger partial charge is 0.0392 e. The van der Waals surface area contributed by atoms with Gasteiger partial charge in [-0.15, -0.1) is 0 Å². The number of hydrogen-bond donors (Lipinski definition) is 2. The summed E-state index contributed by atoms with van der Waals surface area (Å²) in [6, 6.07) is 6.94. The molecule has 0 aliphatic heterocycles. The Hall–Kier alpha value is -1.18. The van der Waals surface area contributed by atoms with Crippen molar-refractivity contribution in [2.24, 2.45) is 52.3 Å². The molecule has 1 aromatic carbocycles. The van der Waals surface area contributed by atoms with E-state index in [1.165, 1.54) is 88.3 Å². The second-order valence-corrected chi connectivity index (χ2v) is 14.9. The SMILES string of the molecule is Cc1ccc(N)cc1NC1CCC2(C)C(CCC3C2CCC2(C)C(C(C)CCCC(C)C)CCC32)C1. The van der Waals surface area contributed by atoms with E-state index in [9.17, 15) is 0 Å². The highest BCUT2D eigenvalue weighted by molar-refractivity contribution is 5.59. The minimum absolute atomic E-state index is 0.564. The zero-order chi connectivity index (χ0) is 25.7. The van der Waals surface area contributed by atoms with E-state index in [1.54, 1.807) is 0 Å². The van der Waals surface area contributed by atoms with Gasteiger partial charge in [0.2, 0.25) is 0 Å². The van der Waals surface area contributed by atoms with Crippen molar-refractivity contribution in [1.82, 2.24) is 0 Å². The van der Waals surface area contributed by atoms with Crippen LogP contribution in [0.5, 0.6) is 0 Å². The molecule has 0 heterocycles. The molecule has 4 fully saturated rings. The fraction of sp³-hybridized carbons (Fsp3) is 0.824. The van der Waals surface area contributed by atoms with Crippen LogP contribution in [0, 0.1) is 59.2 Å². The van der Waals surface area contributed by atoms with Gasteiger partial charge in [0, 0.05) is 17.4 Å². The zero-order valence-corrected chi connectivity index (χ0v) is 24.4. The minimum Gasteiger partial charge on any atom is -0.399 e. The third kappa shape index (κ3) is 4.73. The van der Waals surface area contributed by atoms with Crippen LogP contribution in [-0.4, -0.2) is 6.04 Å². The molecule has 0 spiro atoms. The molecular weight excluding hydrogens is 436 g/mol. The molecular formula is C34H56N2. The van der Waals surface area contributed by atoms with E-state index in [2.05, 4.69) is 59.0 Å². The molecule has 0 bridgehead atoms. The molecule has 3 N–H and O–H groups in total. The normalized spacial score (nSPS) is 40.9. The molecule has 4 aliphatic carbocycles. The summed E-state index contributed by atoms with van der Waals surface area (Å²) in [5.41, 5.74) is 10.7. The van der Waals surface area contributed by atoms with E-state index in [0.29, 0.717) is 16.9 Å². The predicted octanol–water partition coefficient (Wildman–Crippen LogP) is 9.48. The lowest BCUT2D eigenvalue weighted by Crippen LogP contribution is -2.54. The average molecular weight is 493 g/mol. The molecule has 5 rings (SSSR count). The van der Waals surface area contributed by atoms with Gasteiger partial charge in [-0.2, -0.15) is 0 Å². The van der Waals surface area contributed by atoms with Crippen molar-refractivity contribution in [3.05, 3.63) is 23.8 Å². The van der Waals surface area contributed by atoms with Crippen LogP contribution >= 0.6 is 0 Å². The summed E-state index contributed by atoms with van der Waals surface area (Å²) in [6.07, 6.45) is 17.4. The number of fused-ring (bicyclic) bond motifs is 5. The van der Waals surface area contributed by atoms with E-state index in [-0.39, 0.29) is 0 Å². The quantitative estimate of drug-likeness (QED) is 0.372. The summed E-state index contributed by atoms with van der Waals surface area (Å²) in [4.78, 5) is 0. The van der Waals surface area contributed by atoms with Gasteiger partial charge in [-0.05, 0) is 135 Å². The first-order chi connectivity index (χ1) is 17.1. The largest absolute Gasteiger partial charge is 0.399 e. The van der Waals surface area contributed by atoms with Gasteiger partial charge in [-0.3, -0.25) is 0 Å². The Balaban J connectivity index is 1.24. The summed E-state index contributed by atoms with van der Waals surface area (Å²) in [5, 5.41) is 3.92. The number of nitrogens with one attached hydrogen (secondary N) is 1. The Bertz CT molecular complexity index is 906. The van der Waals surface area contributed by atoms with Crippen molar-refractivity contribution in [3.8, 4) is 0 Å².